The number of rotatable bonds is 4. The van der Waals surface area contributed by atoms with E-state index in [0.717, 1.165) is 12.5 Å². The highest BCUT2D eigenvalue weighted by molar-refractivity contribution is 7.89. The van der Waals surface area contributed by atoms with Gasteiger partial charge >= 0.3 is 0 Å². The van der Waals surface area contributed by atoms with E-state index in [9.17, 15) is 17.2 Å². The van der Waals surface area contributed by atoms with Crippen molar-refractivity contribution in [1.29, 1.82) is 0 Å². The topological polar surface area (TPSA) is 76.3 Å². The third-order valence-electron chi connectivity index (χ3n) is 6.15. The lowest BCUT2D eigenvalue weighted by molar-refractivity contribution is 0.246. The molecule has 1 aliphatic carbocycles. The molecule has 1 spiro atoms. The van der Waals surface area contributed by atoms with Crippen LogP contribution in [0.2, 0.25) is 0 Å². The van der Waals surface area contributed by atoms with E-state index >= 15 is 0 Å². The van der Waals surface area contributed by atoms with Crippen molar-refractivity contribution in [3.63, 3.8) is 0 Å². The summed E-state index contributed by atoms with van der Waals surface area (Å²) in [5.41, 5.74) is 0.471. The standard InChI is InChI=1S/C21H19F2N3O3S/c22-15-4-1-3-14(11-15)19-24-25-20(29-19)18-13-21(18)7-9-26(10-8-21)30(27,28)17-6-2-5-16(23)12-17/h1-6,11-12,18H,7-10,13H2/t18-/m0/s1. The highest BCUT2D eigenvalue weighted by Crippen LogP contribution is 2.64. The summed E-state index contributed by atoms with van der Waals surface area (Å²) in [6.07, 6.45) is 2.19. The van der Waals surface area contributed by atoms with Crippen LogP contribution in [-0.2, 0) is 10.0 Å². The summed E-state index contributed by atoms with van der Waals surface area (Å²) >= 11 is 0. The van der Waals surface area contributed by atoms with E-state index < -0.39 is 15.8 Å². The lowest BCUT2D eigenvalue weighted by atomic mass is 9.92. The average molecular weight is 431 g/mol. The molecule has 0 bridgehead atoms. The van der Waals surface area contributed by atoms with Crippen LogP contribution < -0.4 is 0 Å². The quantitative estimate of drug-likeness (QED) is 0.625. The number of hydrogen-bond donors (Lipinski definition) is 0. The van der Waals surface area contributed by atoms with Crippen LogP contribution in [0, 0.1) is 17.0 Å². The zero-order chi connectivity index (χ0) is 20.9. The summed E-state index contributed by atoms with van der Waals surface area (Å²) in [4.78, 5) is -0.0255. The largest absolute Gasteiger partial charge is 0.420 e. The van der Waals surface area contributed by atoms with E-state index in [1.807, 2.05) is 0 Å². The van der Waals surface area contributed by atoms with Crippen molar-refractivity contribution in [2.75, 3.05) is 13.1 Å². The van der Waals surface area contributed by atoms with Gasteiger partial charge in [0.1, 0.15) is 11.6 Å². The summed E-state index contributed by atoms with van der Waals surface area (Å²) in [7, 11) is -3.72. The van der Waals surface area contributed by atoms with Crippen LogP contribution in [0.4, 0.5) is 8.78 Å². The van der Waals surface area contributed by atoms with Gasteiger partial charge in [-0.15, -0.1) is 10.2 Å². The maximum Gasteiger partial charge on any atom is 0.247 e. The molecule has 2 aromatic carbocycles. The van der Waals surface area contributed by atoms with E-state index in [2.05, 4.69) is 10.2 Å². The number of benzene rings is 2. The van der Waals surface area contributed by atoms with Gasteiger partial charge in [-0.1, -0.05) is 12.1 Å². The number of sulfonamides is 1. The van der Waals surface area contributed by atoms with E-state index in [-0.39, 0.29) is 27.9 Å². The maximum absolute atomic E-state index is 13.5. The molecule has 1 aromatic heterocycles. The summed E-state index contributed by atoms with van der Waals surface area (Å²) in [5.74, 6) is -0.0842. The lowest BCUT2D eigenvalue weighted by Gasteiger charge is -2.31. The lowest BCUT2D eigenvalue weighted by Crippen LogP contribution is -2.39. The van der Waals surface area contributed by atoms with Crippen molar-refractivity contribution < 1.29 is 21.6 Å². The Labute approximate surface area is 172 Å². The molecule has 1 aliphatic heterocycles. The average Bonchev–Trinajstić information content (AvgIpc) is 3.20. The molecule has 1 atom stereocenters. The van der Waals surface area contributed by atoms with E-state index in [0.29, 0.717) is 37.4 Å². The fourth-order valence-electron chi connectivity index (χ4n) is 4.31. The smallest absolute Gasteiger partial charge is 0.247 e. The van der Waals surface area contributed by atoms with Gasteiger partial charge in [0, 0.05) is 24.6 Å². The molecule has 156 valence electrons. The van der Waals surface area contributed by atoms with Gasteiger partial charge in [-0.25, -0.2) is 17.2 Å². The molecule has 9 heteroatoms. The molecule has 2 heterocycles. The Kier molecular flexibility index (Phi) is 4.48. The van der Waals surface area contributed by atoms with Gasteiger partial charge in [-0.3, -0.25) is 0 Å². The summed E-state index contributed by atoms with van der Waals surface area (Å²) in [5, 5.41) is 8.19. The second-order valence-electron chi connectivity index (χ2n) is 7.94. The zero-order valence-electron chi connectivity index (χ0n) is 16.0. The summed E-state index contributed by atoms with van der Waals surface area (Å²) in [6.45, 7) is 0.723. The first kappa shape index (κ1) is 19.3. The Bertz CT molecular complexity index is 1200. The van der Waals surface area contributed by atoms with Crippen LogP contribution in [0.3, 0.4) is 0 Å². The molecule has 1 saturated heterocycles. The Morgan fingerprint density at radius 1 is 1.00 bits per heavy atom. The first-order chi connectivity index (χ1) is 14.4. The van der Waals surface area contributed by atoms with Gasteiger partial charge in [0.25, 0.3) is 0 Å². The summed E-state index contributed by atoms with van der Waals surface area (Å²) < 4.78 is 59.7. The Hall–Kier alpha value is -2.65. The van der Waals surface area contributed by atoms with Gasteiger partial charge in [0.2, 0.25) is 21.8 Å². The molecular formula is C21H19F2N3O3S. The first-order valence-electron chi connectivity index (χ1n) is 9.72. The molecule has 1 saturated carbocycles. The highest BCUT2D eigenvalue weighted by atomic mass is 32.2. The molecule has 0 radical (unpaired) electrons. The molecule has 3 aromatic rings. The molecule has 0 amide bonds. The van der Waals surface area contributed by atoms with Crippen molar-refractivity contribution in [2.45, 2.75) is 30.1 Å². The van der Waals surface area contributed by atoms with E-state index in [1.165, 1.54) is 34.6 Å². The van der Waals surface area contributed by atoms with Crippen LogP contribution in [0.5, 0.6) is 0 Å². The molecule has 5 rings (SSSR count). The maximum atomic E-state index is 13.5. The number of hydrogen-bond acceptors (Lipinski definition) is 5. The minimum absolute atomic E-state index is 0.0255. The van der Waals surface area contributed by atoms with E-state index in [4.69, 9.17) is 4.42 Å². The Morgan fingerprint density at radius 3 is 2.40 bits per heavy atom. The van der Waals surface area contributed by atoms with Gasteiger partial charge < -0.3 is 4.42 Å². The predicted molar refractivity (Wildman–Crippen MR) is 104 cm³/mol. The molecular weight excluding hydrogens is 412 g/mol. The second-order valence-corrected chi connectivity index (χ2v) is 9.87. The number of halogens is 2. The van der Waals surface area contributed by atoms with Crippen LogP contribution in [-0.4, -0.2) is 36.0 Å². The fraction of sp³-hybridized carbons (Fsp3) is 0.333. The molecule has 6 nitrogen and oxygen atoms in total. The zero-order valence-corrected chi connectivity index (χ0v) is 16.8. The van der Waals surface area contributed by atoms with Crippen LogP contribution in [0.15, 0.2) is 57.8 Å². The highest BCUT2D eigenvalue weighted by Gasteiger charge is 2.58. The normalized spacial score (nSPS) is 21.1. The van der Waals surface area contributed by atoms with Crippen molar-refractivity contribution in [1.82, 2.24) is 14.5 Å². The number of nitrogens with zero attached hydrogens (tertiary/aromatic N) is 3. The minimum atomic E-state index is -3.72. The van der Waals surface area contributed by atoms with Gasteiger partial charge in [-0.2, -0.15) is 4.31 Å². The van der Waals surface area contributed by atoms with Gasteiger partial charge in [-0.05, 0) is 61.1 Å². The second kappa shape index (κ2) is 6.95. The molecule has 0 unspecified atom stereocenters. The Morgan fingerprint density at radius 2 is 1.70 bits per heavy atom. The van der Waals surface area contributed by atoms with Gasteiger partial charge in [0.05, 0.1) is 4.90 Å². The van der Waals surface area contributed by atoms with Gasteiger partial charge in [0.15, 0.2) is 0 Å². The molecule has 2 fully saturated rings. The van der Waals surface area contributed by atoms with Crippen molar-refractivity contribution >= 4 is 10.0 Å². The third kappa shape index (κ3) is 3.31. The van der Waals surface area contributed by atoms with Crippen molar-refractivity contribution in [3.8, 4) is 11.5 Å². The molecule has 30 heavy (non-hydrogen) atoms. The minimum Gasteiger partial charge on any atom is -0.420 e. The summed E-state index contributed by atoms with van der Waals surface area (Å²) in [6, 6.07) is 11.1. The first-order valence-corrected chi connectivity index (χ1v) is 11.2. The predicted octanol–water partition coefficient (Wildman–Crippen LogP) is 3.97. The van der Waals surface area contributed by atoms with Crippen molar-refractivity contribution in [3.05, 3.63) is 66.1 Å². The van der Waals surface area contributed by atoms with Crippen LogP contribution >= 0.6 is 0 Å². The molecule has 0 N–H and O–H groups in total. The Balaban J connectivity index is 1.28. The van der Waals surface area contributed by atoms with Crippen molar-refractivity contribution in [2.24, 2.45) is 5.41 Å². The monoisotopic (exact) mass is 431 g/mol. The van der Waals surface area contributed by atoms with Crippen LogP contribution in [0.25, 0.3) is 11.5 Å². The van der Waals surface area contributed by atoms with E-state index in [1.54, 1.807) is 12.1 Å². The number of aromatic nitrogens is 2. The number of piperidine rings is 1. The third-order valence-corrected chi connectivity index (χ3v) is 8.05. The van der Waals surface area contributed by atoms with Crippen LogP contribution in [0.1, 0.15) is 31.1 Å². The molecule has 2 aliphatic rings. The SMILES string of the molecule is O=S(=O)(c1cccc(F)c1)N1CCC2(CC1)C[C@H]2c1nnc(-c2cccc(F)c2)o1. The fourth-order valence-corrected chi connectivity index (χ4v) is 5.78.